The molecule has 2 unspecified atom stereocenters. The molecule has 0 aromatic heterocycles. The van der Waals surface area contributed by atoms with Crippen LogP contribution in [0.2, 0.25) is 0 Å². The highest BCUT2D eigenvalue weighted by atomic mass is 16.3. The number of rotatable bonds is 51. The minimum absolute atomic E-state index is 0.0258. The van der Waals surface area contributed by atoms with E-state index in [1.165, 1.54) is 250 Å². The van der Waals surface area contributed by atoms with Crippen molar-refractivity contribution in [3.8, 4) is 0 Å². The molecule has 0 fully saturated rings. The van der Waals surface area contributed by atoms with Gasteiger partial charge in [0.15, 0.2) is 0 Å². The fourth-order valence-corrected chi connectivity index (χ4v) is 8.75. The van der Waals surface area contributed by atoms with Crippen LogP contribution in [0.4, 0.5) is 0 Å². The molecule has 0 aromatic carbocycles. The van der Waals surface area contributed by atoms with Crippen molar-refractivity contribution >= 4 is 5.91 Å². The van der Waals surface area contributed by atoms with Crippen molar-refractivity contribution in [1.82, 2.24) is 5.32 Å². The van der Waals surface area contributed by atoms with Crippen LogP contribution in [0.1, 0.15) is 309 Å². The third-order valence-electron chi connectivity index (χ3n) is 13.0. The highest BCUT2D eigenvalue weighted by Gasteiger charge is 2.20. The van der Waals surface area contributed by atoms with Crippen LogP contribution in [-0.2, 0) is 4.79 Å². The number of hydrogen-bond acceptors (Lipinski definition) is 3. The molecular weight excluding hydrogens is 735 g/mol. The van der Waals surface area contributed by atoms with E-state index < -0.39 is 12.1 Å². The van der Waals surface area contributed by atoms with Crippen molar-refractivity contribution < 1.29 is 15.0 Å². The van der Waals surface area contributed by atoms with E-state index in [1.54, 1.807) is 0 Å². The monoisotopic (exact) mass is 844 g/mol. The van der Waals surface area contributed by atoms with Gasteiger partial charge in [-0.25, -0.2) is 0 Å². The number of carbonyl (C=O) groups excluding carboxylic acids is 1. The number of nitrogens with one attached hydrogen (secondary N) is 1. The van der Waals surface area contributed by atoms with Gasteiger partial charge in [-0.15, -0.1) is 0 Å². The molecule has 0 radical (unpaired) electrons. The topological polar surface area (TPSA) is 69.6 Å². The van der Waals surface area contributed by atoms with Crippen molar-refractivity contribution in [3.05, 3.63) is 24.3 Å². The Bertz CT molecular complexity index is 871. The molecule has 0 saturated carbocycles. The van der Waals surface area contributed by atoms with Gasteiger partial charge in [-0.2, -0.15) is 0 Å². The maximum absolute atomic E-state index is 12.5. The first-order chi connectivity index (χ1) is 29.7. The number of allylic oxidation sites excluding steroid dienone is 4. The van der Waals surface area contributed by atoms with E-state index in [1.807, 2.05) is 0 Å². The number of unbranched alkanes of at least 4 members (excludes halogenated alkanes) is 40. The van der Waals surface area contributed by atoms with Crippen LogP contribution >= 0.6 is 0 Å². The fourth-order valence-electron chi connectivity index (χ4n) is 8.75. The Kier molecular flexibility index (Phi) is 51.2. The minimum atomic E-state index is -0.657. The smallest absolute Gasteiger partial charge is 0.220 e. The van der Waals surface area contributed by atoms with E-state index in [-0.39, 0.29) is 12.5 Å². The maximum Gasteiger partial charge on any atom is 0.220 e. The molecule has 4 heteroatoms. The van der Waals surface area contributed by atoms with Gasteiger partial charge in [0.05, 0.1) is 18.8 Å². The lowest BCUT2D eigenvalue weighted by molar-refractivity contribution is -0.123. The van der Waals surface area contributed by atoms with E-state index >= 15 is 0 Å². The summed E-state index contributed by atoms with van der Waals surface area (Å²) < 4.78 is 0. The number of aliphatic hydroxyl groups is 2. The van der Waals surface area contributed by atoms with Crippen LogP contribution in [0.5, 0.6) is 0 Å². The maximum atomic E-state index is 12.5. The number of hydrogen-bond donors (Lipinski definition) is 3. The van der Waals surface area contributed by atoms with Crippen LogP contribution in [0.25, 0.3) is 0 Å². The van der Waals surface area contributed by atoms with E-state index in [9.17, 15) is 15.0 Å². The molecule has 0 bridgehead atoms. The summed E-state index contributed by atoms with van der Waals surface area (Å²) in [6.45, 7) is 4.38. The molecule has 2 atom stereocenters. The van der Waals surface area contributed by atoms with Crippen molar-refractivity contribution in [3.63, 3.8) is 0 Å². The molecular formula is C56H109NO3. The second-order valence-corrected chi connectivity index (χ2v) is 19.0. The Morgan fingerprint density at radius 1 is 0.400 bits per heavy atom. The summed E-state index contributed by atoms with van der Waals surface area (Å²) in [4.78, 5) is 12.5. The third-order valence-corrected chi connectivity index (χ3v) is 13.0. The first kappa shape index (κ1) is 58.9. The van der Waals surface area contributed by atoms with Crippen LogP contribution in [0.15, 0.2) is 24.3 Å². The predicted octanol–water partition coefficient (Wildman–Crippen LogP) is 17.9. The summed E-state index contributed by atoms with van der Waals surface area (Å²) >= 11 is 0. The Morgan fingerprint density at radius 2 is 0.683 bits per heavy atom. The second-order valence-electron chi connectivity index (χ2n) is 19.0. The van der Waals surface area contributed by atoms with Crippen LogP contribution in [0, 0.1) is 0 Å². The van der Waals surface area contributed by atoms with Crippen molar-refractivity contribution in [1.29, 1.82) is 0 Å². The van der Waals surface area contributed by atoms with E-state index in [2.05, 4.69) is 43.5 Å². The van der Waals surface area contributed by atoms with Crippen molar-refractivity contribution in [2.45, 2.75) is 321 Å². The Labute approximate surface area is 377 Å². The number of amides is 1. The summed E-state index contributed by atoms with van der Waals surface area (Å²) in [5.74, 6) is -0.0258. The molecule has 0 spiro atoms. The molecule has 4 nitrogen and oxygen atoms in total. The molecule has 0 aromatic rings. The van der Waals surface area contributed by atoms with Crippen molar-refractivity contribution in [2.75, 3.05) is 6.61 Å². The molecule has 0 heterocycles. The van der Waals surface area contributed by atoms with Gasteiger partial charge in [-0.3, -0.25) is 4.79 Å². The highest BCUT2D eigenvalue weighted by Crippen LogP contribution is 2.17. The first-order valence-corrected chi connectivity index (χ1v) is 27.5. The third kappa shape index (κ3) is 47.9. The first-order valence-electron chi connectivity index (χ1n) is 27.5. The summed E-state index contributed by atoms with van der Waals surface area (Å²) in [6.07, 6.45) is 68.7. The molecule has 60 heavy (non-hydrogen) atoms. The van der Waals surface area contributed by atoms with Gasteiger partial charge in [0, 0.05) is 6.42 Å². The molecule has 356 valence electrons. The molecule has 0 saturated heterocycles. The Morgan fingerprint density at radius 3 is 1.00 bits per heavy atom. The lowest BCUT2D eigenvalue weighted by Gasteiger charge is -2.22. The zero-order valence-corrected chi connectivity index (χ0v) is 41.0. The predicted molar refractivity (Wildman–Crippen MR) is 267 cm³/mol. The highest BCUT2D eigenvalue weighted by molar-refractivity contribution is 5.76. The largest absolute Gasteiger partial charge is 0.394 e. The summed E-state index contributed by atoms with van der Waals surface area (Å²) in [6, 6.07) is -0.534. The lowest BCUT2D eigenvalue weighted by Crippen LogP contribution is -2.45. The van der Waals surface area contributed by atoms with E-state index in [0.29, 0.717) is 12.8 Å². The second kappa shape index (κ2) is 52.2. The van der Waals surface area contributed by atoms with Gasteiger partial charge in [0.2, 0.25) is 5.91 Å². The Hall–Kier alpha value is -1.13. The average Bonchev–Trinajstić information content (AvgIpc) is 3.25. The molecule has 1 amide bonds. The van der Waals surface area contributed by atoms with Crippen molar-refractivity contribution in [2.24, 2.45) is 0 Å². The summed E-state index contributed by atoms with van der Waals surface area (Å²) in [5.41, 5.74) is 0. The number of aliphatic hydroxyl groups excluding tert-OH is 2. The van der Waals surface area contributed by atoms with Gasteiger partial charge in [-0.05, 0) is 44.9 Å². The van der Waals surface area contributed by atoms with Gasteiger partial charge in [0.25, 0.3) is 0 Å². The number of carbonyl (C=O) groups is 1. The molecule has 0 aliphatic rings. The zero-order valence-electron chi connectivity index (χ0n) is 41.0. The minimum Gasteiger partial charge on any atom is -0.394 e. The molecule has 0 aliphatic carbocycles. The molecule has 0 aliphatic heterocycles. The molecule has 0 rings (SSSR count). The standard InChI is InChI=1S/C56H109NO3/c1-3-5-7-9-11-13-15-17-19-21-23-24-25-26-27-28-29-30-31-32-34-36-38-40-42-44-46-48-50-52-56(60)57-54(53-58)55(59)51-49-47-45-43-41-39-37-35-33-22-20-18-16-14-12-10-8-6-4-2/h15,17,21,23,54-55,58-59H,3-14,16,18-20,22,24-53H2,1-2H3,(H,57,60)/b17-15-,23-21-. The summed E-state index contributed by atoms with van der Waals surface area (Å²) in [7, 11) is 0. The zero-order chi connectivity index (χ0) is 43.5. The molecule has 3 N–H and O–H groups in total. The van der Waals surface area contributed by atoms with Gasteiger partial charge < -0.3 is 15.5 Å². The average molecular weight is 844 g/mol. The van der Waals surface area contributed by atoms with Crippen LogP contribution in [-0.4, -0.2) is 34.9 Å². The Balaban J connectivity index is 3.43. The fraction of sp³-hybridized carbons (Fsp3) is 0.911. The van der Waals surface area contributed by atoms with Gasteiger partial charge in [0.1, 0.15) is 0 Å². The normalized spacial score (nSPS) is 12.9. The van der Waals surface area contributed by atoms with E-state index in [0.717, 1.165) is 32.1 Å². The van der Waals surface area contributed by atoms with Gasteiger partial charge in [-0.1, -0.05) is 282 Å². The van der Waals surface area contributed by atoms with Crippen LogP contribution in [0.3, 0.4) is 0 Å². The van der Waals surface area contributed by atoms with Gasteiger partial charge >= 0.3 is 0 Å². The van der Waals surface area contributed by atoms with Crippen LogP contribution < -0.4 is 5.32 Å². The quantitative estimate of drug-likeness (QED) is 0.0422. The summed E-state index contributed by atoms with van der Waals surface area (Å²) in [5, 5.41) is 23.3. The lowest BCUT2D eigenvalue weighted by atomic mass is 10.0. The SMILES string of the molecule is CCCCCCC/C=C\C/C=C\CCCCCCCCCCCCCCCCCCCC(=O)NC(CO)C(O)CCCCCCCCCCCCCCCCCCCCC. The van der Waals surface area contributed by atoms with E-state index in [4.69, 9.17) is 0 Å².